The Balaban J connectivity index is 1.60. The van der Waals surface area contributed by atoms with E-state index in [1.54, 1.807) is 12.1 Å². The van der Waals surface area contributed by atoms with Gasteiger partial charge in [-0.2, -0.15) is 0 Å². The summed E-state index contributed by atoms with van der Waals surface area (Å²) >= 11 is 1.35. The van der Waals surface area contributed by atoms with Crippen molar-refractivity contribution in [2.75, 3.05) is 6.61 Å². The molecule has 0 aromatic carbocycles. The predicted molar refractivity (Wildman–Crippen MR) is 79.2 cm³/mol. The van der Waals surface area contributed by atoms with Gasteiger partial charge in [0.05, 0.1) is 11.3 Å². The average molecular weight is 309 g/mol. The smallest absolute Gasteiger partial charge is 0.306 e. The second-order valence-electron chi connectivity index (χ2n) is 5.25. The van der Waals surface area contributed by atoms with E-state index in [0.717, 1.165) is 12.8 Å². The Labute approximate surface area is 127 Å². The average Bonchev–Trinajstić information content (AvgIpc) is 3.17. The molecule has 0 unspecified atom stereocenters. The number of ether oxygens (including phenoxy) is 1. The summed E-state index contributed by atoms with van der Waals surface area (Å²) in [7, 11) is 0. The molecule has 5 nitrogen and oxygen atoms in total. The van der Waals surface area contributed by atoms with E-state index < -0.39 is 5.97 Å². The highest BCUT2D eigenvalue weighted by Gasteiger charge is 2.28. The summed E-state index contributed by atoms with van der Waals surface area (Å²) in [5, 5.41) is 4.62. The summed E-state index contributed by atoms with van der Waals surface area (Å²) in [6, 6.07) is 3.66. The van der Waals surface area contributed by atoms with E-state index in [-0.39, 0.29) is 37.2 Å². The van der Waals surface area contributed by atoms with E-state index in [0.29, 0.717) is 10.8 Å². The van der Waals surface area contributed by atoms with Crippen molar-refractivity contribution in [2.45, 2.75) is 38.6 Å². The quantitative estimate of drug-likeness (QED) is 0.590. The van der Waals surface area contributed by atoms with Crippen LogP contribution in [0.2, 0.25) is 0 Å². The Morgan fingerprint density at radius 3 is 2.76 bits per heavy atom. The fourth-order valence-corrected chi connectivity index (χ4v) is 2.70. The Morgan fingerprint density at radius 2 is 2.14 bits per heavy atom. The van der Waals surface area contributed by atoms with Crippen molar-refractivity contribution in [1.29, 1.82) is 0 Å². The van der Waals surface area contributed by atoms with Crippen LogP contribution in [0.1, 0.15) is 42.3 Å². The van der Waals surface area contributed by atoms with Crippen molar-refractivity contribution in [3.63, 3.8) is 0 Å². The number of hydrogen-bond acceptors (Lipinski definition) is 5. The number of ketones is 1. The third kappa shape index (κ3) is 5.30. The third-order valence-electron chi connectivity index (χ3n) is 3.43. The van der Waals surface area contributed by atoms with Crippen molar-refractivity contribution in [2.24, 2.45) is 5.92 Å². The molecule has 1 fully saturated rings. The first kappa shape index (κ1) is 15.7. The first-order valence-corrected chi connectivity index (χ1v) is 7.96. The second kappa shape index (κ2) is 7.36. The van der Waals surface area contributed by atoms with Gasteiger partial charge < -0.3 is 10.1 Å². The first-order chi connectivity index (χ1) is 10.1. The van der Waals surface area contributed by atoms with Gasteiger partial charge in [-0.05, 0) is 37.1 Å². The Kier molecular flexibility index (Phi) is 5.50. The number of amides is 1. The molecule has 6 heteroatoms. The number of Topliss-reactive ketones (excluding diaryl/α,β-unsaturated/α-hetero) is 1. The largest absolute Gasteiger partial charge is 0.456 e. The monoisotopic (exact) mass is 309 g/mol. The molecule has 1 saturated carbocycles. The zero-order valence-electron chi connectivity index (χ0n) is 12.0. The van der Waals surface area contributed by atoms with Crippen LogP contribution in [0.25, 0.3) is 0 Å². The SMILES string of the molecule is C[C@@H](NC(=O)COC(=O)CCC(=O)c1cccs1)C1CC1. The maximum atomic E-state index is 11.7. The van der Waals surface area contributed by atoms with Crippen molar-refractivity contribution in [1.82, 2.24) is 5.32 Å². The van der Waals surface area contributed by atoms with Crippen LogP contribution in [-0.2, 0) is 14.3 Å². The number of rotatable bonds is 8. The van der Waals surface area contributed by atoms with Gasteiger partial charge in [-0.25, -0.2) is 0 Å². The Hall–Kier alpha value is -1.69. The number of carbonyl (C=O) groups excluding carboxylic acids is 3. The number of esters is 1. The van der Waals surface area contributed by atoms with E-state index in [1.807, 2.05) is 12.3 Å². The van der Waals surface area contributed by atoms with Gasteiger partial charge in [-0.15, -0.1) is 11.3 Å². The van der Waals surface area contributed by atoms with Crippen LogP contribution in [0, 0.1) is 5.92 Å². The lowest BCUT2D eigenvalue weighted by Gasteiger charge is -2.12. The minimum Gasteiger partial charge on any atom is -0.456 e. The highest BCUT2D eigenvalue weighted by molar-refractivity contribution is 7.12. The zero-order chi connectivity index (χ0) is 15.2. The highest BCUT2D eigenvalue weighted by Crippen LogP contribution is 2.32. The molecule has 114 valence electrons. The van der Waals surface area contributed by atoms with Gasteiger partial charge in [0.1, 0.15) is 0 Å². The molecule has 1 aromatic heterocycles. The standard InChI is InChI=1S/C15H19NO4S/c1-10(11-4-5-11)16-14(18)9-20-15(19)7-6-12(17)13-3-2-8-21-13/h2-3,8,10-11H,4-7,9H2,1H3,(H,16,18)/t10-/m1/s1. The Bertz CT molecular complexity index is 508. The molecule has 21 heavy (non-hydrogen) atoms. The Morgan fingerprint density at radius 1 is 1.38 bits per heavy atom. The van der Waals surface area contributed by atoms with Gasteiger partial charge in [-0.1, -0.05) is 6.07 Å². The molecule has 1 aromatic rings. The molecular formula is C15H19NO4S. The van der Waals surface area contributed by atoms with Crippen molar-refractivity contribution >= 4 is 29.0 Å². The maximum Gasteiger partial charge on any atom is 0.306 e. The van der Waals surface area contributed by atoms with Gasteiger partial charge >= 0.3 is 5.97 Å². The van der Waals surface area contributed by atoms with E-state index >= 15 is 0 Å². The molecule has 0 radical (unpaired) electrons. The normalized spacial score (nSPS) is 15.3. The van der Waals surface area contributed by atoms with E-state index in [1.165, 1.54) is 11.3 Å². The maximum absolute atomic E-state index is 11.7. The summed E-state index contributed by atoms with van der Waals surface area (Å²) < 4.78 is 4.87. The van der Waals surface area contributed by atoms with Gasteiger partial charge in [0.2, 0.25) is 0 Å². The molecule has 0 aliphatic heterocycles. The van der Waals surface area contributed by atoms with Gasteiger partial charge in [-0.3, -0.25) is 14.4 Å². The molecule has 1 aliphatic carbocycles. The van der Waals surface area contributed by atoms with Crippen LogP contribution in [0.15, 0.2) is 17.5 Å². The van der Waals surface area contributed by atoms with E-state index in [2.05, 4.69) is 5.32 Å². The number of thiophene rings is 1. The van der Waals surface area contributed by atoms with E-state index in [4.69, 9.17) is 4.74 Å². The molecule has 1 heterocycles. The molecule has 0 spiro atoms. The molecular weight excluding hydrogens is 290 g/mol. The van der Waals surface area contributed by atoms with Crippen LogP contribution in [0.5, 0.6) is 0 Å². The fourth-order valence-electron chi connectivity index (χ4n) is 2.00. The molecule has 1 N–H and O–H groups in total. The lowest BCUT2D eigenvalue weighted by Crippen LogP contribution is -2.37. The first-order valence-electron chi connectivity index (χ1n) is 7.08. The summed E-state index contributed by atoms with van der Waals surface area (Å²) in [6.07, 6.45) is 2.40. The zero-order valence-corrected chi connectivity index (χ0v) is 12.8. The third-order valence-corrected chi connectivity index (χ3v) is 4.35. The van der Waals surface area contributed by atoms with Crippen LogP contribution in [-0.4, -0.2) is 30.3 Å². The number of hydrogen-bond donors (Lipinski definition) is 1. The summed E-state index contributed by atoms with van der Waals surface area (Å²) in [6.45, 7) is 1.68. The number of nitrogens with one attached hydrogen (secondary N) is 1. The predicted octanol–water partition coefficient (Wildman–Crippen LogP) is 2.17. The highest BCUT2D eigenvalue weighted by atomic mass is 32.1. The molecule has 0 bridgehead atoms. The second-order valence-corrected chi connectivity index (χ2v) is 6.20. The van der Waals surface area contributed by atoms with Crippen LogP contribution in [0.4, 0.5) is 0 Å². The fraction of sp³-hybridized carbons (Fsp3) is 0.533. The minimum atomic E-state index is -0.519. The van der Waals surface area contributed by atoms with Gasteiger partial charge in [0.25, 0.3) is 5.91 Å². The minimum absolute atomic E-state index is 0.00217. The van der Waals surface area contributed by atoms with Crippen molar-refractivity contribution in [3.8, 4) is 0 Å². The molecule has 0 saturated heterocycles. The van der Waals surface area contributed by atoms with E-state index in [9.17, 15) is 14.4 Å². The lowest BCUT2D eigenvalue weighted by molar-refractivity contribution is -0.148. The van der Waals surface area contributed by atoms with Crippen LogP contribution < -0.4 is 5.32 Å². The summed E-state index contributed by atoms with van der Waals surface area (Å²) in [5.41, 5.74) is 0. The molecule has 1 aliphatic rings. The summed E-state index contributed by atoms with van der Waals surface area (Å²) in [5.74, 6) is -0.316. The van der Waals surface area contributed by atoms with Crippen LogP contribution >= 0.6 is 11.3 Å². The topological polar surface area (TPSA) is 72.5 Å². The molecule has 1 amide bonds. The van der Waals surface area contributed by atoms with Crippen molar-refractivity contribution in [3.05, 3.63) is 22.4 Å². The number of carbonyl (C=O) groups is 3. The van der Waals surface area contributed by atoms with Gasteiger partial charge in [0, 0.05) is 12.5 Å². The van der Waals surface area contributed by atoms with Crippen LogP contribution in [0.3, 0.4) is 0 Å². The lowest BCUT2D eigenvalue weighted by atomic mass is 10.2. The van der Waals surface area contributed by atoms with Gasteiger partial charge in [0.15, 0.2) is 12.4 Å². The van der Waals surface area contributed by atoms with Crippen molar-refractivity contribution < 1.29 is 19.1 Å². The molecule has 1 atom stereocenters. The molecule has 2 rings (SSSR count). The summed E-state index contributed by atoms with van der Waals surface area (Å²) in [4.78, 5) is 35.4.